The van der Waals surface area contributed by atoms with Gasteiger partial charge in [0.25, 0.3) is 0 Å². The molecule has 3 nitrogen and oxygen atoms in total. The van der Waals surface area contributed by atoms with E-state index in [9.17, 15) is 13.6 Å². The molecule has 1 heterocycles. The number of alkyl halides is 2. The van der Waals surface area contributed by atoms with Gasteiger partial charge in [0.15, 0.2) is 0 Å². The number of halogens is 2. The Hall–Kier alpha value is -0.710. The van der Waals surface area contributed by atoms with Crippen molar-refractivity contribution in [2.24, 2.45) is 0 Å². The average molecular weight is 234 g/mol. The highest BCUT2D eigenvalue weighted by Gasteiger charge is 2.48. The van der Waals surface area contributed by atoms with Crippen LogP contribution in [0.2, 0.25) is 0 Å². The maximum absolute atomic E-state index is 13.0. The molecule has 16 heavy (non-hydrogen) atoms. The molecule has 0 aromatic carbocycles. The van der Waals surface area contributed by atoms with Crippen LogP contribution in [0.1, 0.15) is 44.9 Å². The van der Waals surface area contributed by atoms with Crippen LogP contribution in [0, 0.1) is 0 Å². The molecule has 1 N–H and O–H groups in total. The summed E-state index contributed by atoms with van der Waals surface area (Å²) in [6.07, 6.45) is 4.11. The summed E-state index contributed by atoms with van der Waals surface area (Å²) in [5.41, 5.74) is -0.209. The van der Waals surface area contributed by atoms with E-state index in [1.807, 2.05) is 0 Å². The van der Waals surface area contributed by atoms with Gasteiger partial charge < -0.3 is 9.84 Å². The zero-order valence-electron chi connectivity index (χ0n) is 9.05. The molecule has 1 saturated carbocycles. The number of rotatable bonds is 3. The second kappa shape index (κ2) is 3.95. The third-order valence-electron chi connectivity index (χ3n) is 3.65. The second-order valence-corrected chi connectivity index (χ2v) is 4.88. The molecule has 0 bridgehead atoms. The van der Waals surface area contributed by atoms with Crippen molar-refractivity contribution in [1.82, 2.24) is 0 Å². The van der Waals surface area contributed by atoms with Gasteiger partial charge in [0, 0.05) is 6.42 Å². The van der Waals surface area contributed by atoms with Gasteiger partial charge in [0.2, 0.25) is 0 Å². The number of carbonyl (C=O) groups is 1. The molecule has 92 valence electrons. The van der Waals surface area contributed by atoms with Crippen LogP contribution in [-0.2, 0) is 9.53 Å². The molecule has 2 rings (SSSR count). The normalized spacial score (nSPS) is 28.8. The molecule has 1 aliphatic carbocycles. The van der Waals surface area contributed by atoms with Crippen LogP contribution in [0.5, 0.6) is 0 Å². The Bertz CT molecular complexity index is 285. The Morgan fingerprint density at radius 1 is 1.38 bits per heavy atom. The molecule has 2 aliphatic rings. The molecular weight excluding hydrogens is 218 g/mol. The number of hydrogen-bond acceptors (Lipinski definition) is 2. The third-order valence-corrected chi connectivity index (χ3v) is 3.65. The minimum absolute atomic E-state index is 0.209. The van der Waals surface area contributed by atoms with Crippen LogP contribution in [-0.4, -0.2) is 28.7 Å². The van der Waals surface area contributed by atoms with E-state index in [1.54, 1.807) is 0 Å². The van der Waals surface area contributed by atoms with Crippen molar-refractivity contribution in [2.75, 3.05) is 0 Å². The summed E-state index contributed by atoms with van der Waals surface area (Å²) in [5.74, 6) is -5.71. The van der Waals surface area contributed by atoms with Gasteiger partial charge in [-0.3, -0.25) is 0 Å². The summed E-state index contributed by atoms with van der Waals surface area (Å²) in [5, 5.41) is 8.35. The second-order valence-electron chi connectivity index (χ2n) is 4.88. The largest absolute Gasteiger partial charge is 0.477 e. The summed E-state index contributed by atoms with van der Waals surface area (Å²) < 4.78 is 31.6. The van der Waals surface area contributed by atoms with Gasteiger partial charge in [-0.2, -0.15) is 8.78 Å². The standard InChI is InChI=1S/C11H16F2O3/c12-11(13,9(14)15)7-8-3-6-10(16-8)4-1-2-5-10/h8H,1-7H2,(H,14,15). The molecule has 1 atom stereocenters. The van der Waals surface area contributed by atoms with E-state index < -0.39 is 24.4 Å². The first kappa shape index (κ1) is 11.8. The fourth-order valence-electron chi connectivity index (χ4n) is 2.80. The van der Waals surface area contributed by atoms with Crippen LogP contribution in [0.4, 0.5) is 8.78 Å². The van der Waals surface area contributed by atoms with Crippen LogP contribution in [0.15, 0.2) is 0 Å². The molecule has 0 amide bonds. The molecule has 1 spiro atoms. The maximum atomic E-state index is 13.0. The molecule has 0 radical (unpaired) electrons. The van der Waals surface area contributed by atoms with Crippen molar-refractivity contribution in [3.63, 3.8) is 0 Å². The lowest BCUT2D eigenvalue weighted by Crippen LogP contribution is -2.34. The highest BCUT2D eigenvalue weighted by Crippen LogP contribution is 2.45. The van der Waals surface area contributed by atoms with Crippen LogP contribution in [0.3, 0.4) is 0 Å². The van der Waals surface area contributed by atoms with Crippen LogP contribution >= 0.6 is 0 Å². The summed E-state index contributed by atoms with van der Waals surface area (Å²) in [6, 6.07) is 0. The Morgan fingerprint density at radius 2 is 2.00 bits per heavy atom. The third kappa shape index (κ3) is 2.19. The van der Waals surface area contributed by atoms with E-state index in [0.29, 0.717) is 6.42 Å². The van der Waals surface area contributed by atoms with Gasteiger partial charge in [-0.1, -0.05) is 12.8 Å². The van der Waals surface area contributed by atoms with E-state index in [4.69, 9.17) is 9.84 Å². The fourth-order valence-corrected chi connectivity index (χ4v) is 2.80. The van der Waals surface area contributed by atoms with Crippen molar-refractivity contribution < 1.29 is 23.4 Å². The Morgan fingerprint density at radius 3 is 2.56 bits per heavy atom. The summed E-state index contributed by atoms with van der Waals surface area (Å²) in [7, 11) is 0. The molecular formula is C11H16F2O3. The Kier molecular flexibility index (Phi) is 2.90. The molecule has 0 aromatic heterocycles. The van der Waals surface area contributed by atoms with Crippen molar-refractivity contribution in [3.8, 4) is 0 Å². The Labute approximate surface area is 92.8 Å². The number of carboxylic acids is 1. The van der Waals surface area contributed by atoms with Gasteiger partial charge in [-0.05, 0) is 25.7 Å². The maximum Gasteiger partial charge on any atom is 0.374 e. The number of hydrogen-bond donors (Lipinski definition) is 1. The predicted octanol–water partition coefficient (Wildman–Crippen LogP) is 2.59. The van der Waals surface area contributed by atoms with E-state index >= 15 is 0 Å². The fraction of sp³-hybridized carbons (Fsp3) is 0.909. The predicted molar refractivity (Wildman–Crippen MR) is 52.5 cm³/mol. The summed E-state index contributed by atoms with van der Waals surface area (Å²) in [6.45, 7) is 0. The average Bonchev–Trinajstić information content (AvgIpc) is 2.77. The van der Waals surface area contributed by atoms with E-state index in [1.165, 1.54) is 0 Å². The summed E-state index contributed by atoms with van der Waals surface area (Å²) >= 11 is 0. The highest BCUT2D eigenvalue weighted by atomic mass is 19.3. The lowest BCUT2D eigenvalue weighted by molar-refractivity contribution is -0.171. The lowest BCUT2D eigenvalue weighted by atomic mass is 9.97. The zero-order valence-corrected chi connectivity index (χ0v) is 9.05. The smallest absolute Gasteiger partial charge is 0.374 e. The first-order valence-corrected chi connectivity index (χ1v) is 5.73. The van der Waals surface area contributed by atoms with E-state index in [2.05, 4.69) is 0 Å². The van der Waals surface area contributed by atoms with Gasteiger partial charge in [0.1, 0.15) is 0 Å². The number of aliphatic carboxylic acids is 1. The molecule has 2 fully saturated rings. The molecule has 5 heteroatoms. The SMILES string of the molecule is O=C(O)C(F)(F)CC1CCC2(CCCC2)O1. The molecule has 0 aromatic rings. The van der Waals surface area contributed by atoms with Gasteiger partial charge in [-0.15, -0.1) is 0 Å². The zero-order chi connectivity index (χ0) is 11.8. The highest BCUT2D eigenvalue weighted by molar-refractivity contribution is 5.75. The van der Waals surface area contributed by atoms with Crippen LogP contribution in [0.25, 0.3) is 0 Å². The van der Waals surface area contributed by atoms with Gasteiger partial charge >= 0.3 is 11.9 Å². The minimum Gasteiger partial charge on any atom is -0.477 e. The molecule has 1 aliphatic heterocycles. The van der Waals surface area contributed by atoms with E-state index in [-0.39, 0.29) is 5.60 Å². The van der Waals surface area contributed by atoms with E-state index in [0.717, 1.165) is 32.1 Å². The van der Waals surface area contributed by atoms with Crippen molar-refractivity contribution >= 4 is 5.97 Å². The van der Waals surface area contributed by atoms with Gasteiger partial charge in [-0.25, -0.2) is 4.79 Å². The number of ether oxygens (including phenoxy) is 1. The molecule has 1 saturated heterocycles. The van der Waals surface area contributed by atoms with Gasteiger partial charge in [0.05, 0.1) is 11.7 Å². The topological polar surface area (TPSA) is 46.5 Å². The van der Waals surface area contributed by atoms with Crippen molar-refractivity contribution in [1.29, 1.82) is 0 Å². The summed E-state index contributed by atoms with van der Waals surface area (Å²) in [4.78, 5) is 10.3. The lowest BCUT2D eigenvalue weighted by Gasteiger charge is -2.24. The monoisotopic (exact) mass is 234 g/mol. The van der Waals surface area contributed by atoms with Crippen molar-refractivity contribution in [2.45, 2.75) is 62.6 Å². The van der Waals surface area contributed by atoms with Crippen LogP contribution < -0.4 is 0 Å². The van der Waals surface area contributed by atoms with Crippen molar-refractivity contribution in [3.05, 3.63) is 0 Å². The Balaban J connectivity index is 1.92. The number of carboxylic acid groups (broad SMARTS) is 1. The minimum atomic E-state index is -3.66. The first-order chi connectivity index (χ1) is 7.44. The quantitative estimate of drug-likeness (QED) is 0.816. The first-order valence-electron chi connectivity index (χ1n) is 5.73. The molecule has 1 unspecified atom stereocenters.